The van der Waals surface area contributed by atoms with Gasteiger partial charge in [-0.15, -0.1) is 0 Å². The Kier molecular flexibility index (Phi) is 5.39. The average molecular weight is 447 g/mol. The summed E-state index contributed by atoms with van der Waals surface area (Å²) in [6.07, 6.45) is 6.75. The third kappa shape index (κ3) is 3.53. The highest BCUT2D eigenvalue weighted by Crippen LogP contribution is 2.38. The molecule has 4 rings (SSSR count). The second-order valence-corrected chi connectivity index (χ2v) is 8.01. The van der Waals surface area contributed by atoms with E-state index in [9.17, 15) is 4.79 Å². The summed E-state index contributed by atoms with van der Waals surface area (Å²) in [5.41, 5.74) is 2.19. The quantitative estimate of drug-likeness (QED) is 0.708. The lowest BCUT2D eigenvalue weighted by Gasteiger charge is -2.30. The van der Waals surface area contributed by atoms with E-state index in [1.54, 1.807) is 11.8 Å². The van der Waals surface area contributed by atoms with Crippen LogP contribution in [-0.4, -0.2) is 33.9 Å². The largest absolute Gasteiger partial charge is 0.496 e. The number of aromatic nitrogens is 3. The van der Waals surface area contributed by atoms with Crippen LogP contribution < -0.4 is 10.1 Å². The summed E-state index contributed by atoms with van der Waals surface area (Å²) < 4.78 is 13.8. The molecule has 1 N–H and O–H groups in total. The molecule has 28 heavy (non-hydrogen) atoms. The van der Waals surface area contributed by atoms with Crippen LogP contribution in [0.1, 0.15) is 50.6 Å². The molecular weight excluding hydrogens is 424 g/mol. The molecular formula is C20H23BrN4O3. The van der Waals surface area contributed by atoms with Crippen molar-refractivity contribution in [3.8, 4) is 5.75 Å². The van der Waals surface area contributed by atoms with Crippen LogP contribution in [0.5, 0.6) is 5.75 Å². The molecule has 1 aromatic carbocycles. The Hall–Kier alpha value is -2.35. The summed E-state index contributed by atoms with van der Waals surface area (Å²) in [5.74, 6) is 1.03. The summed E-state index contributed by atoms with van der Waals surface area (Å²) in [5, 5.41) is 7.53. The molecule has 0 radical (unpaired) electrons. The van der Waals surface area contributed by atoms with Crippen LogP contribution in [0.25, 0.3) is 0 Å². The fourth-order valence-electron chi connectivity index (χ4n) is 3.91. The van der Waals surface area contributed by atoms with Gasteiger partial charge >= 0.3 is 5.97 Å². The predicted octanol–water partition coefficient (Wildman–Crippen LogP) is 4.21. The average Bonchev–Trinajstić information content (AvgIpc) is 3.15. The molecule has 2 aliphatic rings. The Bertz CT molecular complexity index is 918. The Morgan fingerprint density at radius 1 is 1.29 bits per heavy atom. The standard InChI is InChI=1S/C20H23BrN4O3/c1-12-17(19(26)28-14-6-4-3-5-7-14)18(25-20(24-12)22-11-23-25)13-8-9-16(27-2)15(21)10-13/h8-11,14,18H,3-7H2,1-2H3,(H,22,23,24)/t18-/m1/s1. The molecule has 7 nitrogen and oxygen atoms in total. The first kappa shape index (κ1) is 19.0. The minimum Gasteiger partial charge on any atom is -0.496 e. The highest BCUT2D eigenvalue weighted by atomic mass is 79.9. The molecule has 1 atom stereocenters. The number of fused-ring (bicyclic) bond motifs is 1. The lowest BCUT2D eigenvalue weighted by molar-refractivity contribution is -0.146. The summed E-state index contributed by atoms with van der Waals surface area (Å²) in [4.78, 5) is 17.4. The number of hydrogen-bond donors (Lipinski definition) is 1. The Labute approximate surface area is 172 Å². The van der Waals surface area contributed by atoms with Crippen molar-refractivity contribution >= 4 is 27.8 Å². The molecule has 8 heteroatoms. The van der Waals surface area contributed by atoms with Crippen LogP contribution >= 0.6 is 15.9 Å². The van der Waals surface area contributed by atoms with E-state index in [0.717, 1.165) is 47.2 Å². The molecule has 0 bridgehead atoms. The molecule has 0 unspecified atom stereocenters. The Balaban J connectivity index is 1.72. The fourth-order valence-corrected chi connectivity index (χ4v) is 4.47. The fraction of sp³-hybridized carbons (Fsp3) is 0.450. The first-order chi connectivity index (χ1) is 13.6. The molecule has 2 aromatic rings. The van der Waals surface area contributed by atoms with E-state index in [1.165, 1.54) is 12.7 Å². The van der Waals surface area contributed by atoms with Crippen LogP contribution in [0.2, 0.25) is 0 Å². The van der Waals surface area contributed by atoms with Gasteiger partial charge in [0.25, 0.3) is 0 Å². The maximum absolute atomic E-state index is 13.2. The van der Waals surface area contributed by atoms with Gasteiger partial charge in [-0.05, 0) is 66.2 Å². The summed E-state index contributed by atoms with van der Waals surface area (Å²) in [7, 11) is 1.62. The molecule has 1 aliphatic carbocycles. The van der Waals surface area contributed by atoms with Crippen LogP contribution in [0.15, 0.2) is 40.3 Å². The van der Waals surface area contributed by atoms with Crippen LogP contribution in [0.4, 0.5) is 5.95 Å². The third-order valence-corrected chi connectivity index (χ3v) is 5.95. The van der Waals surface area contributed by atoms with Crippen molar-refractivity contribution in [2.24, 2.45) is 0 Å². The molecule has 0 amide bonds. The van der Waals surface area contributed by atoms with Gasteiger partial charge in [-0.2, -0.15) is 10.1 Å². The van der Waals surface area contributed by atoms with E-state index in [1.807, 2.05) is 25.1 Å². The number of anilines is 1. The number of nitrogens with zero attached hydrogens (tertiary/aromatic N) is 3. The first-order valence-corrected chi connectivity index (χ1v) is 10.3. The summed E-state index contributed by atoms with van der Waals surface area (Å²) >= 11 is 3.54. The first-order valence-electron chi connectivity index (χ1n) is 9.50. The van der Waals surface area contributed by atoms with Gasteiger partial charge in [-0.25, -0.2) is 9.48 Å². The number of halogens is 1. The number of methoxy groups -OCH3 is 1. The number of allylic oxidation sites excluding steroid dienone is 1. The van der Waals surface area contributed by atoms with E-state index in [2.05, 4.69) is 31.3 Å². The van der Waals surface area contributed by atoms with Crippen molar-refractivity contribution in [1.82, 2.24) is 14.8 Å². The molecule has 1 aliphatic heterocycles. The smallest absolute Gasteiger partial charge is 0.338 e. The van der Waals surface area contributed by atoms with Gasteiger partial charge in [0, 0.05) is 5.70 Å². The van der Waals surface area contributed by atoms with E-state index >= 15 is 0 Å². The number of hydrogen-bond acceptors (Lipinski definition) is 6. The number of carbonyl (C=O) groups is 1. The van der Waals surface area contributed by atoms with Crippen molar-refractivity contribution < 1.29 is 14.3 Å². The normalized spacial score (nSPS) is 19.8. The number of ether oxygens (including phenoxy) is 2. The highest BCUT2D eigenvalue weighted by molar-refractivity contribution is 9.10. The van der Waals surface area contributed by atoms with E-state index in [0.29, 0.717) is 11.5 Å². The van der Waals surface area contributed by atoms with Crippen molar-refractivity contribution in [1.29, 1.82) is 0 Å². The summed E-state index contributed by atoms with van der Waals surface area (Å²) in [6.45, 7) is 1.88. The molecule has 0 spiro atoms. The van der Waals surface area contributed by atoms with Crippen molar-refractivity contribution in [2.75, 3.05) is 12.4 Å². The zero-order chi connectivity index (χ0) is 19.7. The molecule has 1 saturated carbocycles. The Morgan fingerprint density at radius 2 is 2.07 bits per heavy atom. The topological polar surface area (TPSA) is 78.3 Å². The van der Waals surface area contributed by atoms with Gasteiger partial charge < -0.3 is 14.8 Å². The molecule has 148 valence electrons. The summed E-state index contributed by atoms with van der Waals surface area (Å²) in [6, 6.07) is 5.34. The van der Waals surface area contributed by atoms with Gasteiger partial charge in [0.1, 0.15) is 24.2 Å². The van der Waals surface area contributed by atoms with Crippen molar-refractivity contribution in [2.45, 2.75) is 51.2 Å². The maximum Gasteiger partial charge on any atom is 0.338 e. The number of benzene rings is 1. The van der Waals surface area contributed by atoms with E-state index in [-0.39, 0.29) is 12.1 Å². The SMILES string of the molecule is COc1ccc([C@@H]2C(C(=O)OC3CCCCC3)=C(C)Nc3ncnn32)cc1Br. The maximum atomic E-state index is 13.2. The number of carbonyl (C=O) groups excluding carboxylic acids is 1. The minimum atomic E-state index is -0.419. The number of rotatable bonds is 4. The predicted molar refractivity (Wildman–Crippen MR) is 108 cm³/mol. The van der Waals surface area contributed by atoms with E-state index in [4.69, 9.17) is 9.47 Å². The van der Waals surface area contributed by atoms with E-state index < -0.39 is 6.04 Å². The van der Waals surface area contributed by atoms with Gasteiger partial charge in [0.15, 0.2) is 0 Å². The molecule has 0 saturated heterocycles. The zero-order valence-corrected chi connectivity index (χ0v) is 17.5. The lowest BCUT2D eigenvalue weighted by atomic mass is 9.95. The Morgan fingerprint density at radius 3 is 2.79 bits per heavy atom. The second kappa shape index (κ2) is 7.95. The highest BCUT2D eigenvalue weighted by Gasteiger charge is 2.35. The van der Waals surface area contributed by atoms with Crippen LogP contribution in [0, 0.1) is 0 Å². The molecule has 1 fully saturated rings. The lowest BCUT2D eigenvalue weighted by Crippen LogP contribution is -2.32. The van der Waals surface area contributed by atoms with Gasteiger partial charge in [0.2, 0.25) is 5.95 Å². The number of esters is 1. The minimum absolute atomic E-state index is 0.0121. The third-order valence-electron chi connectivity index (χ3n) is 5.33. The monoisotopic (exact) mass is 446 g/mol. The van der Waals surface area contributed by atoms with Gasteiger partial charge in [-0.1, -0.05) is 12.5 Å². The van der Waals surface area contributed by atoms with Crippen molar-refractivity contribution in [3.05, 3.63) is 45.8 Å². The van der Waals surface area contributed by atoms with Crippen LogP contribution in [-0.2, 0) is 9.53 Å². The zero-order valence-electron chi connectivity index (χ0n) is 15.9. The molecule has 2 heterocycles. The molecule has 1 aromatic heterocycles. The second-order valence-electron chi connectivity index (χ2n) is 7.15. The number of nitrogens with one attached hydrogen (secondary N) is 1. The van der Waals surface area contributed by atoms with Crippen LogP contribution in [0.3, 0.4) is 0 Å². The van der Waals surface area contributed by atoms with Gasteiger partial charge in [0.05, 0.1) is 17.2 Å². The van der Waals surface area contributed by atoms with Gasteiger partial charge in [-0.3, -0.25) is 0 Å². The van der Waals surface area contributed by atoms with Crippen molar-refractivity contribution in [3.63, 3.8) is 0 Å².